The molecule has 0 saturated carbocycles. The highest BCUT2D eigenvalue weighted by atomic mass is 35.5. The highest BCUT2D eigenvalue weighted by molar-refractivity contribution is 7.09. The van der Waals surface area contributed by atoms with Gasteiger partial charge in [0.1, 0.15) is 5.01 Å². The van der Waals surface area contributed by atoms with Crippen molar-refractivity contribution in [2.24, 2.45) is 0 Å². The predicted molar refractivity (Wildman–Crippen MR) is 84.2 cm³/mol. The summed E-state index contributed by atoms with van der Waals surface area (Å²) in [5.74, 6) is 0.787. The van der Waals surface area contributed by atoms with E-state index in [-0.39, 0.29) is 5.41 Å². The van der Waals surface area contributed by atoms with Gasteiger partial charge in [0.25, 0.3) is 0 Å². The van der Waals surface area contributed by atoms with E-state index in [0.717, 1.165) is 24.9 Å². The minimum Gasteiger partial charge on any atom is -0.294 e. The number of likely N-dealkylation sites (tertiary alicyclic amines) is 1. The zero-order valence-electron chi connectivity index (χ0n) is 12.3. The molecule has 1 unspecified atom stereocenters. The first kappa shape index (κ1) is 15.3. The molecule has 0 amide bonds. The average Bonchev–Trinajstić information content (AvgIpc) is 2.95. The third-order valence-corrected chi connectivity index (χ3v) is 4.93. The van der Waals surface area contributed by atoms with Crippen molar-refractivity contribution in [3.05, 3.63) is 16.1 Å². The number of halogens is 1. The van der Waals surface area contributed by atoms with Crippen LogP contribution in [0.25, 0.3) is 0 Å². The minimum atomic E-state index is 0.164. The lowest BCUT2D eigenvalue weighted by Gasteiger charge is -2.23. The van der Waals surface area contributed by atoms with E-state index in [2.05, 4.69) is 31.1 Å². The monoisotopic (exact) mass is 300 g/mol. The molecular weight excluding hydrogens is 276 g/mol. The number of rotatable bonds is 5. The Bertz CT molecular complexity index is 397. The molecular formula is C15H25ClN2S. The van der Waals surface area contributed by atoms with Gasteiger partial charge in [-0.1, -0.05) is 20.8 Å². The van der Waals surface area contributed by atoms with Gasteiger partial charge >= 0.3 is 0 Å². The molecule has 1 aliphatic heterocycles. The lowest BCUT2D eigenvalue weighted by Crippen LogP contribution is -2.29. The van der Waals surface area contributed by atoms with Crippen molar-refractivity contribution in [2.45, 2.75) is 64.5 Å². The van der Waals surface area contributed by atoms with E-state index < -0.39 is 0 Å². The molecule has 0 aliphatic carbocycles. The van der Waals surface area contributed by atoms with Crippen LogP contribution in [0.1, 0.15) is 57.2 Å². The van der Waals surface area contributed by atoms with E-state index in [1.165, 1.54) is 36.5 Å². The summed E-state index contributed by atoms with van der Waals surface area (Å²) in [5, 5.41) is 3.49. The minimum absolute atomic E-state index is 0.164. The SMILES string of the molecule is CC(C)(C)c1csc(CN2CCCC2CCCCl)n1. The normalized spacial score (nSPS) is 21.2. The van der Waals surface area contributed by atoms with Crippen LogP contribution in [-0.2, 0) is 12.0 Å². The van der Waals surface area contributed by atoms with E-state index in [4.69, 9.17) is 16.6 Å². The van der Waals surface area contributed by atoms with E-state index in [1.807, 2.05) is 11.3 Å². The fraction of sp³-hybridized carbons (Fsp3) is 0.800. The number of hydrogen-bond acceptors (Lipinski definition) is 3. The fourth-order valence-electron chi connectivity index (χ4n) is 2.64. The Morgan fingerprint density at radius 3 is 2.89 bits per heavy atom. The number of thiazole rings is 1. The molecule has 4 heteroatoms. The first-order valence-electron chi connectivity index (χ1n) is 7.25. The summed E-state index contributed by atoms with van der Waals surface area (Å²) in [6.07, 6.45) is 5.02. The quantitative estimate of drug-likeness (QED) is 0.748. The van der Waals surface area contributed by atoms with Crippen LogP contribution in [0.2, 0.25) is 0 Å². The van der Waals surface area contributed by atoms with Crippen LogP contribution in [0.4, 0.5) is 0 Å². The smallest absolute Gasteiger partial charge is 0.107 e. The van der Waals surface area contributed by atoms with Crippen LogP contribution in [0, 0.1) is 0 Å². The Morgan fingerprint density at radius 2 is 2.26 bits per heavy atom. The maximum atomic E-state index is 5.81. The average molecular weight is 301 g/mol. The van der Waals surface area contributed by atoms with Crippen LogP contribution < -0.4 is 0 Å². The van der Waals surface area contributed by atoms with E-state index in [1.54, 1.807) is 0 Å². The largest absolute Gasteiger partial charge is 0.294 e. The second-order valence-electron chi connectivity index (χ2n) is 6.47. The molecule has 0 N–H and O–H groups in total. The topological polar surface area (TPSA) is 16.1 Å². The lowest BCUT2D eigenvalue weighted by molar-refractivity contribution is 0.233. The predicted octanol–water partition coefficient (Wildman–Crippen LogP) is 4.42. The highest BCUT2D eigenvalue weighted by Crippen LogP contribution is 2.27. The van der Waals surface area contributed by atoms with Gasteiger partial charge in [0.15, 0.2) is 0 Å². The molecule has 1 aliphatic rings. The van der Waals surface area contributed by atoms with Crippen LogP contribution in [0.3, 0.4) is 0 Å². The number of nitrogens with zero attached hydrogens (tertiary/aromatic N) is 2. The Labute approximate surface area is 126 Å². The summed E-state index contributed by atoms with van der Waals surface area (Å²) in [4.78, 5) is 7.41. The van der Waals surface area contributed by atoms with Crippen molar-refractivity contribution in [3.63, 3.8) is 0 Å². The van der Waals surface area contributed by atoms with E-state index in [0.29, 0.717) is 0 Å². The van der Waals surface area contributed by atoms with Crippen molar-refractivity contribution in [1.29, 1.82) is 0 Å². The van der Waals surface area contributed by atoms with Gasteiger partial charge in [-0.15, -0.1) is 22.9 Å². The summed E-state index contributed by atoms with van der Waals surface area (Å²) < 4.78 is 0. The van der Waals surface area contributed by atoms with Gasteiger partial charge in [-0.2, -0.15) is 0 Å². The first-order chi connectivity index (χ1) is 9.00. The molecule has 1 aromatic heterocycles. The third-order valence-electron chi connectivity index (χ3n) is 3.83. The number of aromatic nitrogens is 1. The molecule has 0 spiro atoms. The van der Waals surface area contributed by atoms with Gasteiger partial charge in [-0.25, -0.2) is 4.98 Å². The molecule has 108 valence electrons. The maximum Gasteiger partial charge on any atom is 0.107 e. The van der Waals surface area contributed by atoms with Gasteiger partial charge in [0, 0.05) is 22.7 Å². The van der Waals surface area contributed by atoms with Crippen molar-refractivity contribution < 1.29 is 0 Å². The lowest BCUT2D eigenvalue weighted by atomic mass is 9.93. The summed E-state index contributed by atoms with van der Waals surface area (Å²) in [6.45, 7) is 8.92. The zero-order valence-corrected chi connectivity index (χ0v) is 13.9. The Hall–Kier alpha value is -0.120. The van der Waals surface area contributed by atoms with Gasteiger partial charge in [0.05, 0.1) is 12.2 Å². The zero-order chi connectivity index (χ0) is 13.9. The number of hydrogen-bond donors (Lipinski definition) is 0. The summed E-state index contributed by atoms with van der Waals surface area (Å²) in [5.41, 5.74) is 1.39. The highest BCUT2D eigenvalue weighted by Gasteiger charge is 2.25. The fourth-order valence-corrected chi connectivity index (χ4v) is 3.84. The van der Waals surface area contributed by atoms with Crippen LogP contribution in [0.15, 0.2) is 5.38 Å². The Kier molecular flexibility index (Phi) is 5.27. The van der Waals surface area contributed by atoms with E-state index in [9.17, 15) is 0 Å². The molecule has 19 heavy (non-hydrogen) atoms. The third kappa shape index (κ3) is 4.17. The van der Waals surface area contributed by atoms with Crippen LogP contribution in [0.5, 0.6) is 0 Å². The summed E-state index contributed by atoms with van der Waals surface area (Å²) in [6, 6.07) is 0.723. The van der Waals surface area contributed by atoms with Crippen molar-refractivity contribution in [2.75, 3.05) is 12.4 Å². The van der Waals surface area contributed by atoms with Gasteiger partial charge in [0.2, 0.25) is 0 Å². The molecule has 2 nitrogen and oxygen atoms in total. The first-order valence-corrected chi connectivity index (χ1v) is 8.67. The maximum absolute atomic E-state index is 5.81. The van der Waals surface area contributed by atoms with Gasteiger partial charge in [-0.3, -0.25) is 4.90 Å². The van der Waals surface area contributed by atoms with Crippen molar-refractivity contribution in [1.82, 2.24) is 9.88 Å². The summed E-state index contributed by atoms with van der Waals surface area (Å²) in [7, 11) is 0. The number of alkyl halides is 1. The molecule has 0 aromatic carbocycles. The molecule has 1 fully saturated rings. The van der Waals surface area contributed by atoms with Crippen LogP contribution in [-0.4, -0.2) is 28.4 Å². The molecule has 2 heterocycles. The van der Waals surface area contributed by atoms with Gasteiger partial charge in [-0.05, 0) is 32.2 Å². The van der Waals surface area contributed by atoms with Crippen LogP contribution >= 0.6 is 22.9 Å². The summed E-state index contributed by atoms with van der Waals surface area (Å²) >= 11 is 7.62. The van der Waals surface area contributed by atoms with Crippen molar-refractivity contribution >= 4 is 22.9 Å². The van der Waals surface area contributed by atoms with E-state index >= 15 is 0 Å². The molecule has 1 atom stereocenters. The molecule has 2 rings (SSSR count). The van der Waals surface area contributed by atoms with Crippen molar-refractivity contribution in [3.8, 4) is 0 Å². The Morgan fingerprint density at radius 1 is 1.47 bits per heavy atom. The molecule has 0 radical (unpaired) electrons. The second-order valence-corrected chi connectivity index (χ2v) is 7.79. The molecule has 1 aromatic rings. The molecule has 1 saturated heterocycles. The Balaban J connectivity index is 1.94. The second kappa shape index (κ2) is 6.55. The standard InChI is InChI=1S/C15H25ClN2S/c1-15(2,3)13-11-19-14(17-13)10-18-9-5-7-12(18)6-4-8-16/h11-12H,4-10H2,1-3H3. The molecule has 0 bridgehead atoms. The van der Waals surface area contributed by atoms with Gasteiger partial charge < -0.3 is 0 Å².